The molecule has 2 aromatic rings. The van der Waals surface area contributed by atoms with Crippen molar-refractivity contribution in [2.24, 2.45) is 0 Å². The first-order chi connectivity index (χ1) is 11.1. The van der Waals surface area contributed by atoms with E-state index in [0.29, 0.717) is 18.7 Å². The maximum absolute atomic E-state index is 12.7. The highest BCUT2D eigenvalue weighted by atomic mass is 16.5. The van der Waals surface area contributed by atoms with E-state index in [1.807, 2.05) is 25.1 Å². The Hall–Kier alpha value is -2.21. The largest absolute Gasteiger partial charge is 0.372 e. The number of carbonyl (C=O) groups excluding carboxylic acids is 1. The molecule has 6 heteroatoms. The summed E-state index contributed by atoms with van der Waals surface area (Å²) in [6.07, 6.45) is 6.22. The molecule has 0 spiro atoms. The number of aromatic nitrogens is 3. The van der Waals surface area contributed by atoms with Crippen LogP contribution in [0.2, 0.25) is 0 Å². The molecular weight excluding hydrogens is 292 g/mol. The molecule has 0 saturated carbocycles. The number of carbonyl (C=O) groups is 1. The molecule has 2 aromatic heterocycles. The first kappa shape index (κ1) is 15.7. The summed E-state index contributed by atoms with van der Waals surface area (Å²) in [6, 6.07) is 3.59. The first-order valence-electron chi connectivity index (χ1n) is 7.99. The lowest BCUT2D eigenvalue weighted by Gasteiger charge is -2.20. The summed E-state index contributed by atoms with van der Waals surface area (Å²) in [4.78, 5) is 23.1. The SMILES string of the molecule is CC(C)OCc1ncn2c1CN(C(=O)c1cccnc1)CCC2. The fraction of sp³-hybridized carbons (Fsp3) is 0.471. The van der Waals surface area contributed by atoms with Gasteiger partial charge in [-0.1, -0.05) is 0 Å². The molecule has 0 fully saturated rings. The van der Waals surface area contributed by atoms with Gasteiger partial charge in [0.05, 0.1) is 42.5 Å². The molecule has 3 heterocycles. The zero-order valence-corrected chi connectivity index (χ0v) is 13.6. The van der Waals surface area contributed by atoms with Crippen LogP contribution >= 0.6 is 0 Å². The molecule has 1 aliphatic rings. The Balaban J connectivity index is 1.79. The monoisotopic (exact) mass is 314 g/mol. The van der Waals surface area contributed by atoms with Crippen LogP contribution in [-0.2, 0) is 24.4 Å². The molecule has 0 N–H and O–H groups in total. The average molecular weight is 314 g/mol. The van der Waals surface area contributed by atoms with Gasteiger partial charge in [0, 0.05) is 25.5 Å². The molecule has 1 aliphatic heterocycles. The van der Waals surface area contributed by atoms with Crippen LogP contribution in [0.1, 0.15) is 42.0 Å². The number of rotatable bonds is 4. The molecule has 3 rings (SSSR count). The Morgan fingerprint density at radius 1 is 1.39 bits per heavy atom. The van der Waals surface area contributed by atoms with Crippen LogP contribution in [0.3, 0.4) is 0 Å². The third-order valence-corrected chi connectivity index (χ3v) is 3.95. The topological polar surface area (TPSA) is 60.2 Å². The highest BCUT2D eigenvalue weighted by Crippen LogP contribution is 2.19. The lowest BCUT2D eigenvalue weighted by atomic mass is 10.2. The van der Waals surface area contributed by atoms with Crippen molar-refractivity contribution in [3.8, 4) is 0 Å². The summed E-state index contributed by atoms with van der Waals surface area (Å²) in [6.45, 7) is 6.67. The average Bonchev–Trinajstić information content (AvgIpc) is 2.81. The van der Waals surface area contributed by atoms with Gasteiger partial charge >= 0.3 is 0 Å². The zero-order valence-electron chi connectivity index (χ0n) is 13.6. The van der Waals surface area contributed by atoms with E-state index in [1.54, 1.807) is 24.5 Å². The third-order valence-electron chi connectivity index (χ3n) is 3.95. The van der Waals surface area contributed by atoms with Gasteiger partial charge in [-0.3, -0.25) is 9.78 Å². The quantitative estimate of drug-likeness (QED) is 0.868. The van der Waals surface area contributed by atoms with Gasteiger partial charge in [0.1, 0.15) is 0 Å². The van der Waals surface area contributed by atoms with Crippen molar-refractivity contribution in [3.63, 3.8) is 0 Å². The van der Waals surface area contributed by atoms with Gasteiger partial charge in [0.25, 0.3) is 5.91 Å². The molecule has 6 nitrogen and oxygen atoms in total. The molecule has 0 radical (unpaired) electrons. The number of fused-ring (bicyclic) bond motifs is 1. The van der Waals surface area contributed by atoms with Crippen LogP contribution in [0.5, 0.6) is 0 Å². The number of ether oxygens (including phenoxy) is 1. The van der Waals surface area contributed by atoms with E-state index < -0.39 is 0 Å². The van der Waals surface area contributed by atoms with Gasteiger partial charge in [0.15, 0.2) is 0 Å². The lowest BCUT2D eigenvalue weighted by Crippen LogP contribution is -2.31. The van der Waals surface area contributed by atoms with E-state index in [0.717, 1.165) is 30.9 Å². The van der Waals surface area contributed by atoms with E-state index in [2.05, 4.69) is 14.5 Å². The molecule has 1 amide bonds. The number of pyridine rings is 1. The van der Waals surface area contributed by atoms with Crippen molar-refractivity contribution in [1.29, 1.82) is 0 Å². The van der Waals surface area contributed by atoms with Gasteiger partial charge < -0.3 is 14.2 Å². The van der Waals surface area contributed by atoms with Crippen LogP contribution < -0.4 is 0 Å². The molecular formula is C17H22N4O2. The highest BCUT2D eigenvalue weighted by molar-refractivity contribution is 5.93. The van der Waals surface area contributed by atoms with Crippen molar-refractivity contribution >= 4 is 5.91 Å². The van der Waals surface area contributed by atoms with Crippen molar-refractivity contribution in [2.45, 2.75) is 46.1 Å². The second kappa shape index (κ2) is 6.91. The molecule has 0 aliphatic carbocycles. The molecule has 0 unspecified atom stereocenters. The molecule has 0 saturated heterocycles. The standard InChI is InChI=1S/C17H22N4O2/c1-13(2)23-11-15-16-10-20(7-4-8-21(16)12-19-15)17(22)14-5-3-6-18-9-14/h3,5-6,9,12-13H,4,7-8,10-11H2,1-2H3. The van der Waals surface area contributed by atoms with Gasteiger partial charge in [0.2, 0.25) is 0 Å². The maximum atomic E-state index is 12.7. The van der Waals surface area contributed by atoms with Crippen LogP contribution in [0.25, 0.3) is 0 Å². The normalized spacial score (nSPS) is 14.7. The van der Waals surface area contributed by atoms with Gasteiger partial charge in [-0.25, -0.2) is 4.98 Å². The Bertz CT molecular complexity index is 666. The minimum absolute atomic E-state index is 0.0171. The molecule has 0 aromatic carbocycles. The minimum atomic E-state index is 0.0171. The summed E-state index contributed by atoms with van der Waals surface area (Å²) >= 11 is 0. The Kier molecular flexibility index (Phi) is 4.71. The van der Waals surface area contributed by atoms with E-state index >= 15 is 0 Å². The van der Waals surface area contributed by atoms with Gasteiger partial charge in [-0.2, -0.15) is 0 Å². The van der Waals surface area contributed by atoms with E-state index in [4.69, 9.17) is 4.74 Å². The van der Waals surface area contributed by atoms with Crippen molar-refractivity contribution in [1.82, 2.24) is 19.4 Å². The highest BCUT2D eigenvalue weighted by Gasteiger charge is 2.23. The third kappa shape index (κ3) is 3.59. The van der Waals surface area contributed by atoms with E-state index in [9.17, 15) is 4.79 Å². The number of hydrogen-bond donors (Lipinski definition) is 0. The van der Waals surface area contributed by atoms with Crippen molar-refractivity contribution < 1.29 is 9.53 Å². The Morgan fingerprint density at radius 2 is 2.26 bits per heavy atom. The maximum Gasteiger partial charge on any atom is 0.255 e. The summed E-state index contributed by atoms with van der Waals surface area (Å²) in [7, 11) is 0. The fourth-order valence-corrected chi connectivity index (χ4v) is 2.73. The molecule has 0 bridgehead atoms. The number of nitrogens with zero attached hydrogens (tertiary/aromatic N) is 4. The summed E-state index contributed by atoms with van der Waals surface area (Å²) in [5.74, 6) is 0.0171. The smallest absolute Gasteiger partial charge is 0.255 e. The summed E-state index contributed by atoms with van der Waals surface area (Å²) < 4.78 is 7.82. The zero-order chi connectivity index (χ0) is 16.2. The minimum Gasteiger partial charge on any atom is -0.372 e. The number of amides is 1. The van der Waals surface area contributed by atoms with Crippen LogP contribution in [0, 0.1) is 0 Å². The van der Waals surface area contributed by atoms with E-state index in [-0.39, 0.29) is 12.0 Å². The van der Waals surface area contributed by atoms with Crippen LogP contribution in [0.15, 0.2) is 30.9 Å². The summed E-state index contributed by atoms with van der Waals surface area (Å²) in [5, 5.41) is 0. The number of imidazole rings is 1. The predicted octanol–water partition coefficient (Wildman–Crippen LogP) is 2.25. The number of hydrogen-bond acceptors (Lipinski definition) is 4. The van der Waals surface area contributed by atoms with Gasteiger partial charge in [-0.15, -0.1) is 0 Å². The van der Waals surface area contributed by atoms with Crippen LogP contribution in [-0.4, -0.2) is 38.0 Å². The second-order valence-corrected chi connectivity index (χ2v) is 6.01. The number of aryl methyl sites for hydroxylation is 1. The van der Waals surface area contributed by atoms with Crippen LogP contribution in [0.4, 0.5) is 0 Å². The predicted molar refractivity (Wildman–Crippen MR) is 85.7 cm³/mol. The first-order valence-corrected chi connectivity index (χ1v) is 7.99. The second-order valence-electron chi connectivity index (χ2n) is 6.01. The summed E-state index contributed by atoms with van der Waals surface area (Å²) in [5.41, 5.74) is 2.62. The lowest BCUT2D eigenvalue weighted by molar-refractivity contribution is 0.0620. The Labute approximate surface area is 136 Å². The molecule has 122 valence electrons. The van der Waals surface area contributed by atoms with Crippen molar-refractivity contribution in [2.75, 3.05) is 6.54 Å². The van der Waals surface area contributed by atoms with E-state index in [1.165, 1.54) is 0 Å². The van der Waals surface area contributed by atoms with Crippen molar-refractivity contribution in [3.05, 3.63) is 47.8 Å². The van der Waals surface area contributed by atoms with Gasteiger partial charge in [-0.05, 0) is 32.4 Å². The molecule has 0 atom stereocenters. The Morgan fingerprint density at radius 3 is 3.00 bits per heavy atom. The fourth-order valence-electron chi connectivity index (χ4n) is 2.73. The molecule has 23 heavy (non-hydrogen) atoms.